The summed E-state index contributed by atoms with van der Waals surface area (Å²) in [4.78, 5) is 23.8. The van der Waals surface area contributed by atoms with Crippen LogP contribution in [0.2, 0.25) is 0 Å². The van der Waals surface area contributed by atoms with Gasteiger partial charge in [0, 0.05) is 23.6 Å². The standard InChI is InChI=1S/C22H30N2O5/c1-15(28-12-10-23)17-6-5-7-18(14-17)21(25)24-11-13-29-16(2)19-8-3-4-9-20(19)22(26)27/h5-7,14,19-20H,1-4,8-13,23H2,(H,24,25)(H,26,27). The number of hydrogen-bond acceptors (Lipinski definition) is 5. The van der Waals surface area contributed by atoms with Gasteiger partial charge in [0.15, 0.2) is 0 Å². The summed E-state index contributed by atoms with van der Waals surface area (Å²) in [6.45, 7) is 9.02. The number of carboxylic acid groups (broad SMARTS) is 1. The van der Waals surface area contributed by atoms with Gasteiger partial charge in [0.25, 0.3) is 5.91 Å². The third kappa shape index (κ3) is 6.64. The van der Waals surface area contributed by atoms with Gasteiger partial charge < -0.3 is 25.6 Å². The molecule has 29 heavy (non-hydrogen) atoms. The number of carbonyl (C=O) groups is 2. The van der Waals surface area contributed by atoms with Gasteiger partial charge in [0.05, 0.1) is 18.2 Å². The van der Waals surface area contributed by atoms with Crippen molar-refractivity contribution in [1.29, 1.82) is 0 Å². The average molecular weight is 402 g/mol. The number of carbonyl (C=O) groups excluding carboxylic acids is 1. The number of nitrogens with one attached hydrogen (secondary N) is 1. The van der Waals surface area contributed by atoms with E-state index in [-0.39, 0.29) is 25.0 Å². The number of rotatable bonds is 11. The molecule has 4 N–H and O–H groups in total. The number of amides is 1. The minimum Gasteiger partial charge on any atom is -0.496 e. The molecular formula is C22H30N2O5. The van der Waals surface area contributed by atoms with Crippen LogP contribution in [-0.2, 0) is 14.3 Å². The number of hydrogen-bond donors (Lipinski definition) is 3. The lowest BCUT2D eigenvalue weighted by Gasteiger charge is -2.29. The predicted molar refractivity (Wildman–Crippen MR) is 111 cm³/mol. The molecule has 1 amide bonds. The van der Waals surface area contributed by atoms with Gasteiger partial charge in [0.2, 0.25) is 0 Å². The maximum atomic E-state index is 12.4. The zero-order chi connectivity index (χ0) is 21.2. The van der Waals surface area contributed by atoms with Crippen LogP contribution in [0.15, 0.2) is 43.2 Å². The summed E-state index contributed by atoms with van der Waals surface area (Å²) >= 11 is 0. The molecule has 1 aliphatic rings. The highest BCUT2D eigenvalue weighted by molar-refractivity contribution is 5.94. The normalized spacial score (nSPS) is 18.5. The van der Waals surface area contributed by atoms with Gasteiger partial charge in [-0.2, -0.15) is 0 Å². The lowest BCUT2D eigenvalue weighted by Crippen LogP contribution is -2.31. The maximum absolute atomic E-state index is 12.4. The summed E-state index contributed by atoms with van der Waals surface area (Å²) in [7, 11) is 0. The van der Waals surface area contributed by atoms with Gasteiger partial charge in [-0.25, -0.2) is 0 Å². The Bertz CT molecular complexity index is 746. The summed E-state index contributed by atoms with van der Waals surface area (Å²) in [5.41, 5.74) is 6.61. The molecule has 0 aliphatic heterocycles. The van der Waals surface area contributed by atoms with E-state index < -0.39 is 11.9 Å². The van der Waals surface area contributed by atoms with E-state index in [9.17, 15) is 14.7 Å². The highest BCUT2D eigenvalue weighted by Gasteiger charge is 2.33. The number of ether oxygens (including phenoxy) is 2. The van der Waals surface area contributed by atoms with E-state index in [1.807, 2.05) is 6.07 Å². The summed E-state index contributed by atoms with van der Waals surface area (Å²) in [5.74, 6) is -0.707. The zero-order valence-electron chi connectivity index (χ0n) is 16.7. The Morgan fingerprint density at radius 3 is 2.48 bits per heavy atom. The van der Waals surface area contributed by atoms with E-state index in [1.54, 1.807) is 18.2 Å². The highest BCUT2D eigenvalue weighted by atomic mass is 16.5. The molecule has 0 aromatic heterocycles. The zero-order valence-corrected chi connectivity index (χ0v) is 16.7. The van der Waals surface area contributed by atoms with Gasteiger partial charge >= 0.3 is 5.97 Å². The van der Waals surface area contributed by atoms with Crippen LogP contribution in [0, 0.1) is 11.8 Å². The van der Waals surface area contributed by atoms with E-state index in [2.05, 4.69) is 18.5 Å². The molecule has 0 spiro atoms. The second kappa shape index (κ2) is 11.3. The van der Waals surface area contributed by atoms with Crippen LogP contribution in [0.1, 0.15) is 41.6 Å². The first-order valence-electron chi connectivity index (χ1n) is 9.88. The molecule has 158 valence electrons. The minimum absolute atomic E-state index is 0.173. The van der Waals surface area contributed by atoms with Gasteiger partial charge in [-0.3, -0.25) is 9.59 Å². The fourth-order valence-electron chi connectivity index (χ4n) is 3.47. The first-order valence-corrected chi connectivity index (χ1v) is 9.88. The van der Waals surface area contributed by atoms with Crippen LogP contribution in [-0.4, -0.2) is 43.3 Å². The van der Waals surface area contributed by atoms with E-state index in [0.717, 1.165) is 19.3 Å². The third-order valence-corrected chi connectivity index (χ3v) is 5.01. The Hall–Kier alpha value is -2.80. The van der Waals surface area contributed by atoms with Crippen molar-refractivity contribution in [3.05, 3.63) is 54.3 Å². The summed E-state index contributed by atoms with van der Waals surface area (Å²) in [5, 5.41) is 12.2. The second-order valence-electron chi connectivity index (χ2n) is 7.05. The summed E-state index contributed by atoms with van der Waals surface area (Å²) in [6.07, 6.45) is 3.31. The Kier molecular flexibility index (Phi) is 8.73. The van der Waals surface area contributed by atoms with Crippen LogP contribution in [0.25, 0.3) is 5.76 Å². The number of nitrogens with two attached hydrogens (primary N) is 1. The molecule has 1 aliphatic carbocycles. The molecule has 2 atom stereocenters. The fourth-order valence-corrected chi connectivity index (χ4v) is 3.47. The maximum Gasteiger partial charge on any atom is 0.307 e. The Morgan fingerprint density at radius 1 is 1.10 bits per heavy atom. The lowest BCUT2D eigenvalue weighted by molar-refractivity contribution is -0.144. The molecule has 0 heterocycles. The quantitative estimate of drug-likeness (QED) is 0.388. The Morgan fingerprint density at radius 2 is 1.79 bits per heavy atom. The molecule has 0 bridgehead atoms. The second-order valence-corrected chi connectivity index (χ2v) is 7.05. The van der Waals surface area contributed by atoms with Crippen LogP contribution in [0.3, 0.4) is 0 Å². The number of allylic oxidation sites excluding steroid dienone is 1. The van der Waals surface area contributed by atoms with Crippen molar-refractivity contribution in [2.24, 2.45) is 17.6 Å². The van der Waals surface area contributed by atoms with Crippen LogP contribution in [0.4, 0.5) is 0 Å². The lowest BCUT2D eigenvalue weighted by atomic mass is 9.78. The van der Waals surface area contributed by atoms with Crippen molar-refractivity contribution >= 4 is 17.6 Å². The van der Waals surface area contributed by atoms with Crippen LogP contribution < -0.4 is 11.1 Å². The van der Waals surface area contributed by atoms with E-state index in [4.69, 9.17) is 15.2 Å². The SMILES string of the molecule is C=C(OCCN)c1cccc(C(=O)NCCOC(=C)C2CCCCC2C(=O)O)c1. The highest BCUT2D eigenvalue weighted by Crippen LogP contribution is 2.35. The van der Waals surface area contributed by atoms with E-state index >= 15 is 0 Å². The van der Waals surface area contributed by atoms with Gasteiger partial charge in [0.1, 0.15) is 19.0 Å². The molecule has 7 nitrogen and oxygen atoms in total. The van der Waals surface area contributed by atoms with Crippen LogP contribution >= 0.6 is 0 Å². The molecular weight excluding hydrogens is 372 g/mol. The van der Waals surface area contributed by atoms with Crippen molar-refractivity contribution < 1.29 is 24.2 Å². The third-order valence-electron chi connectivity index (χ3n) is 5.01. The first-order chi connectivity index (χ1) is 13.9. The molecule has 0 saturated heterocycles. The molecule has 1 aromatic rings. The number of carboxylic acids is 1. The van der Waals surface area contributed by atoms with Crippen molar-refractivity contribution in [2.75, 3.05) is 26.3 Å². The van der Waals surface area contributed by atoms with Crippen molar-refractivity contribution in [2.45, 2.75) is 25.7 Å². The smallest absolute Gasteiger partial charge is 0.307 e. The van der Waals surface area contributed by atoms with Crippen molar-refractivity contribution in [3.63, 3.8) is 0 Å². The Labute approximate surface area is 171 Å². The van der Waals surface area contributed by atoms with Crippen molar-refractivity contribution in [1.82, 2.24) is 5.32 Å². The van der Waals surface area contributed by atoms with Crippen LogP contribution in [0.5, 0.6) is 0 Å². The molecule has 2 rings (SSSR count). The predicted octanol–water partition coefficient (Wildman–Crippen LogP) is 2.78. The summed E-state index contributed by atoms with van der Waals surface area (Å²) in [6, 6.07) is 6.97. The molecule has 1 fully saturated rings. The minimum atomic E-state index is -0.801. The largest absolute Gasteiger partial charge is 0.496 e. The Balaban J connectivity index is 1.80. The topological polar surface area (TPSA) is 111 Å². The number of benzene rings is 1. The van der Waals surface area contributed by atoms with E-state index in [0.29, 0.717) is 42.2 Å². The number of aliphatic carboxylic acids is 1. The molecule has 2 unspecified atom stereocenters. The fraction of sp³-hybridized carbons (Fsp3) is 0.455. The molecule has 1 saturated carbocycles. The first kappa shape index (κ1) is 22.5. The van der Waals surface area contributed by atoms with Gasteiger partial charge in [-0.05, 0) is 25.0 Å². The van der Waals surface area contributed by atoms with E-state index in [1.165, 1.54) is 0 Å². The van der Waals surface area contributed by atoms with Crippen molar-refractivity contribution in [3.8, 4) is 0 Å². The van der Waals surface area contributed by atoms with Gasteiger partial charge in [-0.1, -0.05) is 38.1 Å². The molecule has 0 radical (unpaired) electrons. The molecule has 7 heteroatoms. The van der Waals surface area contributed by atoms with Gasteiger partial charge in [-0.15, -0.1) is 0 Å². The monoisotopic (exact) mass is 402 g/mol. The molecule has 1 aromatic carbocycles. The summed E-state index contributed by atoms with van der Waals surface area (Å²) < 4.78 is 11.0. The average Bonchev–Trinajstić information content (AvgIpc) is 2.74.